The van der Waals surface area contributed by atoms with Crippen molar-refractivity contribution in [3.05, 3.63) is 58.7 Å². The van der Waals surface area contributed by atoms with Gasteiger partial charge in [0, 0.05) is 0 Å². The summed E-state index contributed by atoms with van der Waals surface area (Å²) in [5.74, 6) is -0.134. The highest BCUT2D eigenvalue weighted by Crippen LogP contribution is 2.33. The van der Waals surface area contributed by atoms with E-state index in [4.69, 9.17) is 9.47 Å². The summed E-state index contributed by atoms with van der Waals surface area (Å²) in [4.78, 5) is 39.3. The van der Waals surface area contributed by atoms with Gasteiger partial charge in [-0.2, -0.15) is 0 Å². The summed E-state index contributed by atoms with van der Waals surface area (Å²) in [6.07, 6.45) is 1.51. The number of para-hydroxylation sites is 2. The number of urea groups is 1. The minimum absolute atomic E-state index is 0.131. The van der Waals surface area contributed by atoms with Crippen LogP contribution in [-0.4, -0.2) is 31.6 Å². The Morgan fingerprint density at radius 1 is 1.10 bits per heavy atom. The van der Waals surface area contributed by atoms with Crippen molar-refractivity contribution < 1.29 is 23.9 Å². The maximum atomic E-state index is 13.3. The Balaban J connectivity index is 2.09. The first-order valence-corrected chi connectivity index (χ1v) is 10.1. The largest absolute Gasteiger partial charge is 0.496 e. The summed E-state index contributed by atoms with van der Waals surface area (Å²) in [5.41, 5.74) is 2.65. The number of amides is 4. The molecule has 0 unspecified atom stereocenters. The van der Waals surface area contributed by atoms with E-state index in [1.807, 2.05) is 39.8 Å². The molecule has 1 fully saturated rings. The Morgan fingerprint density at radius 3 is 2.45 bits per heavy atom. The lowest BCUT2D eigenvalue weighted by Crippen LogP contribution is -2.54. The Labute approximate surface area is 181 Å². The number of carbonyl (C=O) groups excluding carboxylic acids is 3. The number of carbonyl (C=O) groups is 3. The lowest BCUT2D eigenvalue weighted by Gasteiger charge is -2.27. The minimum atomic E-state index is -0.811. The van der Waals surface area contributed by atoms with Crippen LogP contribution < -0.4 is 19.7 Å². The zero-order valence-electron chi connectivity index (χ0n) is 18.3. The Hall–Kier alpha value is -3.61. The van der Waals surface area contributed by atoms with Crippen LogP contribution in [0.5, 0.6) is 11.5 Å². The predicted octanol–water partition coefficient (Wildman–Crippen LogP) is 4.19. The molecule has 1 N–H and O–H groups in total. The molecule has 4 amide bonds. The second kappa shape index (κ2) is 9.04. The van der Waals surface area contributed by atoms with Crippen molar-refractivity contribution in [1.82, 2.24) is 5.32 Å². The van der Waals surface area contributed by atoms with Crippen molar-refractivity contribution >= 4 is 29.6 Å². The van der Waals surface area contributed by atoms with Gasteiger partial charge in [-0.15, -0.1) is 0 Å². The number of anilines is 1. The van der Waals surface area contributed by atoms with Crippen LogP contribution in [0.25, 0.3) is 6.08 Å². The van der Waals surface area contributed by atoms with Gasteiger partial charge in [-0.3, -0.25) is 14.9 Å². The van der Waals surface area contributed by atoms with E-state index in [0.717, 1.165) is 21.8 Å². The van der Waals surface area contributed by atoms with E-state index in [2.05, 4.69) is 5.32 Å². The number of imide groups is 2. The number of methoxy groups -OCH3 is 1. The van der Waals surface area contributed by atoms with E-state index < -0.39 is 17.8 Å². The molecule has 31 heavy (non-hydrogen) atoms. The maximum absolute atomic E-state index is 13.3. The van der Waals surface area contributed by atoms with Crippen LogP contribution in [-0.2, 0) is 9.59 Å². The lowest BCUT2D eigenvalue weighted by molar-refractivity contribution is -0.122. The molecule has 0 aliphatic carbocycles. The highest BCUT2D eigenvalue weighted by atomic mass is 16.5. The summed E-state index contributed by atoms with van der Waals surface area (Å²) >= 11 is 0. The van der Waals surface area contributed by atoms with Gasteiger partial charge in [0.2, 0.25) is 0 Å². The van der Waals surface area contributed by atoms with Gasteiger partial charge in [0.25, 0.3) is 11.8 Å². The number of rotatable bonds is 6. The van der Waals surface area contributed by atoms with Crippen molar-refractivity contribution in [2.24, 2.45) is 0 Å². The molecule has 7 heteroatoms. The van der Waals surface area contributed by atoms with Crippen LogP contribution in [0.1, 0.15) is 43.4 Å². The zero-order chi connectivity index (χ0) is 22.7. The van der Waals surface area contributed by atoms with E-state index in [-0.39, 0.29) is 17.2 Å². The second-order valence-electron chi connectivity index (χ2n) is 7.46. The first kappa shape index (κ1) is 22.1. The van der Waals surface area contributed by atoms with E-state index in [9.17, 15) is 14.4 Å². The fraction of sp³-hybridized carbons (Fsp3) is 0.292. The van der Waals surface area contributed by atoms with Crippen LogP contribution in [0, 0.1) is 6.92 Å². The number of barbiturate groups is 1. The molecule has 7 nitrogen and oxygen atoms in total. The van der Waals surface area contributed by atoms with E-state index >= 15 is 0 Å². The summed E-state index contributed by atoms with van der Waals surface area (Å²) < 4.78 is 11.0. The molecule has 1 saturated heterocycles. The minimum Gasteiger partial charge on any atom is -0.496 e. The zero-order valence-corrected chi connectivity index (χ0v) is 18.3. The van der Waals surface area contributed by atoms with Crippen molar-refractivity contribution in [3.8, 4) is 11.5 Å². The van der Waals surface area contributed by atoms with Crippen molar-refractivity contribution in [1.29, 1.82) is 0 Å². The summed E-state index contributed by atoms with van der Waals surface area (Å²) in [7, 11) is 1.61. The van der Waals surface area contributed by atoms with E-state index in [1.54, 1.807) is 31.4 Å². The number of benzene rings is 2. The molecule has 1 aliphatic heterocycles. The molecule has 162 valence electrons. The average Bonchev–Trinajstić information content (AvgIpc) is 2.72. The SMILES string of the molecule is CCOc1ccccc1N1C(=O)NC(=O)/C(=C\c2cc(C(C)C)c(OC)cc2C)C1=O. The molecule has 0 saturated carbocycles. The second-order valence-corrected chi connectivity index (χ2v) is 7.46. The molecule has 0 spiro atoms. The molecule has 0 atom stereocenters. The highest BCUT2D eigenvalue weighted by Gasteiger charge is 2.38. The van der Waals surface area contributed by atoms with Gasteiger partial charge in [-0.25, -0.2) is 9.69 Å². The topological polar surface area (TPSA) is 84.9 Å². The molecule has 3 rings (SSSR count). The fourth-order valence-corrected chi connectivity index (χ4v) is 3.45. The van der Waals surface area contributed by atoms with Crippen LogP contribution in [0.15, 0.2) is 42.0 Å². The fourth-order valence-electron chi connectivity index (χ4n) is 3.45. The molecule has 0 radical (unpaired) electrons. The monoisotopic (exact) mass is 422 g/mol. The molecule has 2 aromatic carbocycles. The third-order valence-electron chi connectivity index (χ3n) is 5.05. The quantitative estimate of drug-likeness (QED) is 0.557. The average molecular weight is 422 g/mol. The van der Waals surface area contributed by atoms with Crippen molar-refractivity contribution in [2.75, 3.05) is 18.6 Å². The van der Waals surface area contributed by atoms with Gasteiger partial charge in [0.15, 0.2) is 0 Å². The van der Waals surface area contributed by atoms with Crippen LogP contribution in [0.3, 0.4) is 0 Å². The van der Waals surface area contributed by atoms with Gasteiger partial charge >= 0.3 is 6.03 Å². The molecular weight excluding hydrogens is 396 g/mol. The van der Waals surface area contributed by atoms with Gasteiger partial charge in [0.1, 0.15) is 17.1 Å². The van der Waals surface area contributed by atoms with Crippen molar-refractivity contribution in [2.45, 2.75) is 33.6 Å². The van der Waals surface area contributed by atoms with E-state index in [1.165, 1.54) is 6.08 Å². The van der Waals surface area contributed by atoms with Gasteiger partial charge in [0.05, 0.1) is 19.4 Å². The Kier molecular flexibility index (Phi) is 6.44. The van der Waals surface area contributed by atoms with Gasteiger partial charge in [-0.1, -0.05) is 26.0 Å². The normalized spacial score (nSPS) is 15.5. The standard InChI is InChI=1S/C24H26N2O5/c1-6-31-20-10-8-7-9-19(20)26-23(28)18(22(27)25-24(26)29)13-16-12-17(14(2)3)21(30-5)11-15(16)4/h7-14H,6H2,1-5H3,(H,25,27,29)/b18-13+. The van der Waals surface area contributed by atoms with Crippen LogP contribution >= 0.6 is 0 Å². The van der Waals surface area contributed by atoms with Crippen LogP contribution in [0.4, 0.5) is 10.5 Å². The van der Waals surface area contributed by atoms with Gasteiger partial charge in [-0.05, 0) is 66.8 Å². The summed E-state index contributed by atoms with van der Waals surface area (Å²) in [5, 5.41) is 2.26. The summed E-state index contributed by atoms with van der Waals surface area (Å²) in [6.45, 7) is 8.12. The molecule has 1 heterocycles. The van der Waals surface area contributed by atoms with Crippen molar-refractivity contribution in [3.63, 3.8) is 0 Å². The Morgan fingerprint density at radius 2 is 1.81 bits per heavy atom. The number of hydrogen-bond acceptors (Lipinski definition) is 5. The van der Waals surface area contributed by atoms with Gasteiger partial charge < -0.3 is 9.47 Å². The van der Waals surface area contributed by atoms with E-state index in [0.29, 0.717) is 17.9 Å². The molecule has 1 aliphatic rings. The third-order valence-corrected chi connectivity index (χ3v) is 5.05. The number of aryl methyl sites for hydroxylation is 1. The molecule has 2 aromatic rings. The smallest absolute Gasteiger partial charge is 0.336 e. The lowest BCUT2D eigenvalue weighted by atomic mass is 9.95. The maximum Gasteiger partial charge on any atom is 0.336 e. The summed E-state index contributed by atoms with van der Waals surface area (Å²) in [6, 6.07) is 9.68. The number of nitrogens with one attached hydrogen (secondary N) is 1. The predicted molar refractivity (Wildman–Crippen MR) is 118 cm³/mol. The number of nitrogens with zero attached hydrogens (tertiary/aromatic N) is 1. The molecule has 0 aromatic heterocycles. The number of ether oxygens (including phenoxy) is 2. The molecular formula is C24H26N2O5. The first-order valence-electron chi connectivity index (χ1n) is 10.1. The third kappa shape index (κ3) is 4.30. The highest BCUT2D eigenvalue weighted by molar-refractivity contribution is 6.39. The molecule has 0 bridgehead atoms. The van der Waals surface area contributed by atoms with Crippen LogP contribution in [0.2, 0.25) is 0 Å². The number of hydrogen-bond donors (Lipinski definition) is 1. The Bertz CT molecular complexity index is 1070. The first-order chi connectivity index (χ1) is 14.8.